The highest BCUT2D eigenvalue weighted by Gasteiger charge is 2.14. The van der Waals surface area contributed by atoms with Crippen LogP contribution in [0.4, 0.5) is 0 Å². The second-order valence-electron chi connectivity index (χ2n) is 1.09. The molecule has 0 heterocycles. The number of nitriles is 2. The van der Waals surface area contributed by atoms with E-state index in [4.69, 9.17) is 22.0 Å². The van der Waals surface area contributed by atoms with Gasteiger partial charge in [-0.2, -0.15) is 10.5 Å². The highest BCUT2D eigenvalue weighted by molar-refractivity contribution is 5.15. The summed E-state index contributed by atoms with van der Waals surface area (Å²) < 4.78 is 0. The van der Waals surface area contributed by atoms with E-state index in [1.807, 2.05) is 0 Å². The summed E-state index contributed by atoms with van der Waals surface area (Å²) in [5, 5.41) is 15.7. The summed E-state index contributed by atoms with van der Waals surface area (Å²) in [6, 6.07) is 2.77. The third-order valence-corrected chi connectivity index (χ3v) is 0.370. The van der Waals surface area contributed by atoms with Gasteiger partial charge in [-0.1, -0.05) is 0 Å². The second kappa shape index (κ2) is 1.57. The van der Waals surface area contributed by atoms with E-state index in [1.54, 1.807) is 0 Å². The Hall–Kier alpha value is -1.10. The highest BCUT2D eigenvalue weighted by Crippen LogP contribution is 1.78. The van der Waals surface area contributed by atoms with E-state index >= 15 is 0 Å². The van der Waals surface area contributed by atoms with Crippen LogP contribution in [-0.4, -0.2) is 5.66 Å². The predicted molar refractivity (Wildman–Crippen MR) is 22.3 cm³/mol. The predicted octanol–water partition coefficient (Wildman–Crippen LogP) is -1.35. The molecule has 0 saturated carbocycles. The highest BCUT2D eigenvalue weighted by atomic mass is 14.9. The Morgan fingerprint density at radius 3 is 1.43 bits per heavy atom. The molecule has 0 radical (unpaired) electrons. The quantitative estimate of drug-likeness (QED) is 0.364. The van der Waals surface area contributed by atoms with Crippen LogP contribution in [0.25, 0.3) is 0 Å². The fraction of sp³-hybridized carbons (Fsp3) is 0.333. The van der Waals surface area contributed by atoms with Gasteiger partial charge in [-0.15, -0.1) is 0 Å². The Kier molecular flexibility index (Phi) is 1.32. The maximum atomic E-state index is 7.87. The van der Waals surface area contributed by atoms with Gasteiger partial charge in [-0.05, 0) is 0 Å². The Morgan fingerprint density at radius 2 is 1.43 bits per heavy atom. The summed E-state index contributed by atoms with van der Waals surface area (Å²) in [4.78, 5) is 0. The molecule has 0 aliphatic rings. The number of nitrogens with two attached hydrogens (primary N) is 2. The minimum absolute atomic E-state index is 1.39. The molecule has 0 atom stereocenters. The summed E-state index contributed by atoms with van der Waals surface area (Å²) in [6.45, 7) is 0. The second-order valence-corrected chi connectivity index (χ2v) is 1.09. The molecule has 0 rings (SSSR count). The standard InChI is InChI=1S/C3H4N4/c4-1-3(6,7)2-5/h6-7H2. The molecule has 0 aliphatic carbocycles. The van der Waals surface area contributed by atoms with E-state index in [1.165, 1.54) is 12.1 Å². The average Bonchev–Trinajstić information content (AvgIpc) is 1.68. The van der Waals surface area contributed by atoms with Crippen molar-refractivity contribution in [3.63, 3.8) is 0 Å². The fourth-order valence-corrected chi connectivity index (χ4v) is 0.0250. The van der Waals surface area contributed by atoms with Gasteiger partial charge in [0.2, 0.25) is 5.66 Å². The van der Waals surface area contributed by atoms with E-state index in [0.717, 1.165) is 0 Å². The van der Waals surface area contributed by atoms with Gasteiger partial charge in [0, 0.05) is 0 Å². The van der Waals surface area contributed by atoms with Gasteiger partial charge in [0.15, 0.2) is 0 Å². The Bertz CT molecular complexity index is 118. The molecular weight excluding hydrogens is 92.1 g/mol. The lowest BCUT2D eigenvalue weighted by molar-refractivity contribution is 0.725. The number of rotatable bonds is 0. The summed E-state index contributed by atoms with van der Waals surface area (Å²) in [6.07, 6.45) is 0. The molecule has 0 amide bonds. The lowest BCUT2D eigenvalue weighted by Gasteiger charge is -1.98. The molecule has 36 valence electrons. The molecule has 0 spiro atoms. The molecule has 0 aliphatic heterocycles. The lowest BCUT2D eigenvalue weighted by atomic mass is 10.3. The lowest BCUT2D eigenvalue weighted by Crippen LogP contribution is -2.46. The number of hydrogen-bond acceptors (Lipinski definition) is 4. The number of nitrogens with zero attached hydrogens (tertiary/aromatic N) is 2. The third kappa shape index (κ3) is 1.72. The van der Waals surface area contributed by atoms with Gasteiger partial charge in [-0.25, -0.2) is 0 Å². The SMILES string of the molecule is N#CC(N)(N)C#N. The molecule has 0 saturated heterocycles. The van der Waals surface area contributed by atoms with E-state index in [2.05, 4.69) is 0 Å². The zero-order valence-electron chi connectivity index (χ0n) is 3.55. The Labute approximate surface area is 40.9 Å². The smallest absolute Gasteiger partial charge is 0.242 e. The van der Waals surface area contributed by atoms with Crippen molar-refractivity contribution in [2.24, 2.45) is 11.5 Å². The fourth-order valence-electron chi connectivity index (χ4n) is 0.0250. The maximum Gasteiger partial charge on any atom is 0.242 e. The summed E-state index contributed by atoms with van der Waals surface area (Å²) >= 11 is 0. The van der Waals surface area contributed by atoms with Crippen molar-refractivity contribution in [3.8, 4) is 12.1 Å². The van der Waals surface area contributed by atoms with Crippen molar-refractivity contribution < 1.29 is 0 Å². The van der Waals surface area contributed by atoms with Crippen LogP contribution in [0.5, 0.6) is 0 Å². The minimum atomic E-state index is -1.81. The van der Waals surface area contributed by atoms with Gasteiger partial charge >= 0.3 is 0 Å². The van der Waals surface area contributed by atoms with Gasteiger partial charge in [0.05, 0.1) is 0 Å². The molecule has 7 heavy (non-hydrogen) atoms. The molecule has 0 aromatic rings. The van der Waals surface area contributed by atoms with E-state index in [0.29, 0.717) is 0 Å². The first-order chi connectivity index (χ1) is 3.12. The van der Waals surface area contributed by atoms with E-state index in [9.17, 15) is 0 Å². The van der Waals surface area contributed by atoms with Gasteiger partial charge in [0.25, 0.3) is 0 Å². The molecule has 4 N–H and O–H groups in total. The van der Waals surface area contributed by atoms with Crippen LogP contribution in [0.1, 0.15) is 0 Å². The molecule has 0 aromatic heterocycles. The van der Waals surface area contributed by atoms with Gasteiger partial charge in [-0.3, -0.25) is 11.5 Å². The average molecular weight is 96.1 g/mol. The number of hydrogen-bond donors (Lipinski definition) is 2. The van der Waals surface area contributed by atoms with Crippen LogP contribution < -0.4 is 11.5 Å². The van der Waals surface area contributed by atoms with Crippen LogP contribution in [0.15, 0.2) is 0 Å². The first-order valence-corrected chi connectivity index (χ1v) is 1.52. The zero-order valence-corrected chi connectivity index (χ0v) is 3.55. The summed E-state index contributed by atoms with van der Waals surface area (Å²) in [5.74, 6) is 0. The van der Waals surface area contributed by atoms with Crippen molar-refractivity contribution in [3.05, 3.63) is 0 Å². The van der Waals surface area contributed by atoms with Crippen LogP contribution in [0.2, 0.25) is 0 Å². The van der Waals surface area contributed by atoms with E-state index < -0.39 is 5.66 Å². The first kappa shape index (κ1) is 5.90. The van der Waals surface area contributed by atoms with Crippen molar-refractivity contribution >= 4 is 0 Å². The van der Waals surface area contributed by atoms with Crippen molar-refractivity contribution in [2.75, 3.05) is 0 Å². The molecule has 0 unspecified atom stereocenters. The topological polar surface area (TPSA) is 99.6 Å². The maximum absolute atomic E-state index is 7.87. The molecule has 4 heteroatoms. The van der Waals surface area contributed by atoms with Crippen LogP contribution in [0.3, 0.4) is 0 Å². The molecular formula is C3H4N4. The third-order valence-electron chi connectivity index (χ3n) is 0.370. The summed E-state index contributed by atoms with van der Waals surface area (Å²) in [7, 11) is 0. The van der Waals surface area contributed by atoms with E-state index in [-0.39, 0.29) is 0 Å². The van der Waals surface area contributed by atoms with Crippen molar-refractivity contribution in [1.29, 1.82) is 10.5 Å². The minimum Gasteiger partial charge on any atom is -0.289 e. The monoisotopic (exact) mass is 96.0 g/mol. The van der Waals surface area contributed by atoms with Crippen LogP contribution in [-0.2, 0) is 0 Å². The molecule has 0 fully saturated rings. The normalized spacial score (nSPS) is 9.14. The van der Waals surface area contributed by atoms with Gasteiger partial charge < -0.3 is 0 Å². The first-order valence-electron chi connectivity index (χ1n) is 1.52. The Morgan fingerprint density at radius 1 is 1.14 bits per heavy atom. The zero-order chi connectivity index (χ0) is 5.91. The van der Waals surface area contributed by atoms with Crippen LogP contribution in [0, 0.1) is 22.7 Å². The Balaban J connectivity index is 4.00. The largest absolute Gasteiger partial charge is 0.289 e. The molecule has 0 aromatic carbocycles. The summed E-state index contributed by atoms with van der Waals surface area (Å²) in [5.41, 5.74) is 7.74. The molecule has 4 nitrogen and oxygen atoms in total. The van der Waals surface area contributed by atoms with Crippen molar-refractivity contribution in [1.82, 2.24) is 0 Å². The van der Waals surface area contributed by atoms with Crippen molar-refractivity contribution in [2.45, 2.75) is 5.66 Å². The van der Waals surface area contributed by atoms with Crippen LogP contribution >= 0.6 is 0 Å². The molecule has 0 bridgehead atoms. The van der Waals surface area contributed by atoms with Gasteiger partial charge in [0.1, 0.15) is 12.1 Å².